The molecule has 0 aliphatic heterocycles. The third-order valence-corrected chi connectivity index (χ3v) is 0.855. The molecule has 2 atom stereocenters. The highest BCUT2D eigenvalue weighted by molar-refractivity contribution is 4.34. The fraction of sp³-hybridized carbons (Fsp3) is 1.00. The van der Waals surface area contributed by atoms with Crippen LogP contribution in [0.4, 0.5) is 0 Å². The van der Waals surface area contributed by atoms with E-state index in [1.54, 1.807) is 6.92 Å². The molecule has 64 valence electrons. The molecule has 0 aliphatic rings. The van der Waals surface area contributed by atoms with Crippen LogP contribution in [0.2, 0.25) is 0 Å². The Labute approximate surface area is 62.3 Å². The van der Waals surface area contributed by atoms with Gasteiger partial charge in [0.25, 0.3) is 0 Å². The van der Waals surface area contributed by atoms with Crippen LogP contribution in [0.15, 0.2) is 0 Å². The molecule has 0 radical (unpaired) electrons. The van der Waals surface area contributed by atoms with Crippen LogP contribution in [0.3, 0.4) is 0 Å². The highest BCUT2D eigenvalue weighted by Crippen LogP contribution is 1.81. The number of rotatable bonds is 2. The molecule has 0 amide bonds. The zero-order valence-electron chi connectivity index (χ0n) is 6.91. The summed E-state index contributed by atoms with van der Waals surface area (Å²) in [5.74, 6) is 0. The van der Waals surface area contributed by atoms with Crippen LogP contribution in [0, 0.1) is 0 Å². The largest absolute Gasteiger partial charge is 0.394 e. The molecule has 0 aromatic heterocycles. The molecule has 3 N–H and O–H groups in total. The monoisotopic (exact) mass is 150 g/mol. The van der Waals surface area contributed by atoms with Gasteiger partial charge in [-0.1, -0.05) is 6.92 Å². The molecule has 2 unspecified atom stereocenters. The summed E-state index contributed by atoms with van der Waals surface area (Å²) in [4.78, 5) is 0. The van der Waals surface area contributed by atoms with Crippen molar-refractivity contribution in [2.24, 2.45) is 0 Å². The lowest BCUT2D eigenvalue weighted by molar-refractivity contribution is 0.110. The SMILES string of the molecule is CC(O)CO.CCC(C)O. The second kappa shape index (κ2) is 8.88. The lowest BCUT2D eigenvalue weighted by Gasteiger charge is -1.90. The summed E-state index contributed by atoms with van der Waals surface area (Å²) in [6.45, 7) is 5.12. The smallest absolute Gasteiger partial charge is 0.0742 e. The van der Waals surface area contributed by atoms with Crippen LogP contribution in [-0.2, 0) is 0 Å². The molecular formula is C7H18O3. The van der Waals surface area contributed by atoms with Crippen molar-refractivity contribution in [2.75, 3.05) is 6.61 Å². The van der Waals surface area contributed by atoms with Gasteiger partial charge in [0.1, 0.15) is 0 Å². The average Bonchev–Trinajstić information content (AvgIpc) is 1.89. The summed E-state index contributed by atoms with van der Waals surface area (Å²) < 4.78 is 0. The average molecular weight is 150 g/mol. The number of hydrogen-bond donors (Lipinski definition) is 3. The highest BCUT2D eigenvalue weighted by Gasteiger charge is 1.83. The first-order valence-electron chi connectivity index (χ1n) is 3.51. The van der Waals surface area contributed by atoms with E-state index in [0.29, 0.717) is 0 Å². The van der Waals surface area contributed by atoms with Crippen molar-refractivity contribution in [1.29, 1.82) is 0 Å². The number of aliphatic hydroxyl groups excluding tert-OH is 3. The molecule has 0 saturated carbocycles. The predicted octanol–water partition coefficient (Wildman–Crippen LogP) is 0.137. The van der Waals surface area contributed by atoms with E-state index in [4.69, 9.17) is 15.3 Å². The van der Waals surface area contributed by atoms with Crippen LogP contribution < -0.4 is 0 Å². The van der Waals surface area contributed by atoms with Gasteiger partial charge in [-0.25, -0.2) is 0 Å². The summed E-state index contributed by atoms with van der Waals surface area (Å²) in [5.41, 5.74) is 0. The summed E-state index contributed by atoms with van der Waals surface area (Å²) >= 11 is 0. The van der Waals surface area contributed by atoms with Gasteiger partial charge in [-0.2, -0.15) is 0 Å². The summed E-state index contributed by atoms with van der Waals surface area (Å²) in [5, 5.41) is 24.4. The molecule has 0 rings (SSSR count). The van der Waals surface area contributed by atoms with E-state index in [9.17, 15) is 0 Å². The zero-order valence-corrected chi connectivity index (χ0v) is 6.91. The maximum Gasteiger partial charge on any atom is 0.0742 e. The van der Waals surface area contributed by atoms with Gasteiger partial charge in [0.2, 0.25) is 0 Å². The molecule has 0 fully saturated rings. The molecule has 0 heterocycles. The first-order chi connectivity index (χ1) is 4.54. The maximum atomic E-state index is 8.36. The van der Waals surface area contributed by atoms with E-state index >= 15 is 0 Å². The van der Waals surface area contributed by atoms with Crippen molar-refractivity contribution in [2.45, 2.75) is 39.4 Å². The van der Waals surface area contributed by atoms with Gasteiger partial charge in [0.05, 0.1) is 18.8 Å². The van der Waals surface area contributed by atoms with E-state index in [-0.39, 0.29) is 12.7 Å². The first-order valence-corrected chi connectivity index (χ1v) is 3.51. The Morgan fingerprint density at radius 2 is 1.30 bits per heavy atom. The molecule has 0 aromatic carbocycles. The van der Waals surface area contributed by atoms with Gasteiger partial charge in [0.15, 0.2) is 0 Å². The molecule has 3 nitrogen and oxygen atoms in total. The highest BCUT2D eigenvalue weighted by atomic mass is 16.3. The Balaban J connectivity index is 0. The Hall–Kier alpha value is -0.120. The van der Waals surface area contributed by atoms with Gasteiger partial charge >= 0.3 is 0 Å². The molecule has 0 saturated heterocycles. The standard InChI is InChI=1S/C4H10O.C3H8O2/c1-3-4(2)5;1-3(5)2-4/h4-5H,3H2,1-2H3;3-5H,2H2,1H3. The summed E-state index contributed by atoms with van der Waals surface area (Å²) in [7, 11) is 0. The van der Waals surface area contributed by atoms with Gasteiger partial charge in [0, 0.05) is 0 Å². The van der Waals surface area contributed by atoms with Gasteiger partial charge in [-0.3, -0.25) is 0 Å². The van der Waals surface area contributed by atoms with Crippen LogP contribution in [0.1, 0.15) is 27.2 Å². The molecular weight excluding hydrogens is 132 g/mol. The second-order valence-corrected chi connectivity index (χ2v) is 2.29. The molecule has 10 heavy (non-hydrogen) atoms. The predicted molar refractivity (Wildman–Crippen MR) is 40.7 cm³/mol. The lowest BCUT2D eigenvalue weighted by atomic mass is 10.3. The van der Waals surface area contributed by atoms with Crippen molar-refractivity contribution >= 4 is 0 Å². The van der Waals surface area contributed by atoms with Crippen molar-refractivity contribution in [3.05, 3.63) is 0 Å². The minimum Gasteiger partial charge on any atom is -0.394 e. The van der Waals surface area contributed by atoms with Gasteiger partial charge < -0.3 is 15.3 Å². The van der Waals surface area contributed by atoms with Crippen LogP contribution in [-0.4, -0.2) is 34.1 Å². The Bertz CT molecular complexity index is 44.8. The Kier molecular flexibility index (Phi) is 11.1. The first kappa shape index (κ1) is 12.5. The quantitative estimate of drug-likeness (QED) is 0.524. The number of hydrogen-bond acceptors (Lipinski definition) is 3. The van der Waals surface area contributed by atoms with Gasteiger partial charge in [-0.05, 0) is 20.3 Å². The van der Waals surface area contributed by atoms with E-state index in [0.717, 1.165) is 6.42 Å². The van der Waals surface area contributed by atoms with Gasteiger partial charge in [-0.15, -0.1) is 0 Å². The number of aliphatic hydroxyl groups is 3. The molecule has 0 bridgehead atoms. The fourth-order valence-corrected chi connectivity index (χ4v) is 0. The van der Waals surface area contributed by atoms with Crippen molar-refractivity contribution in [3.8, 4) is 0 Å². The molecule has 0 spiro atoms. The molecule has 0 aromatic rings. The van der Waals surface area contributed by atoms with Crippen molar-refractivity contribution in [1.82, 2.24) is 0 Å². The molecule has 3 heteroatoms. The van der Waals surface area contributed by atoms with Crippen LogP contribution in [0.25, 0.3) is 0 Å². The minimum absolute atomic E-state index is 0.116. The Morgan fingerprint density at radius 1 is 1.10 bits per heavy atom. The maximum absolute atomic E-state index is 8.36. The van der Waals surface area contributed by atoms with E-state index < -0.39 is 6.10 Å². The zero-order chi connectivity index (χ0) is 8.57. The van der Waals surface area contributed by atoms with Crippen LogP contribution in [0.5, 0.6) is 0 Å². The van der Waals surface area contributed by atoms with E-state index in [2.05, 4.69) is 0 Å². The summed E-state index contributed by atoms with van der Waals surface area (Å²) in [6.07, 6.45) is 0.185. The topological polar surface area (TPSA) is 60.7 Å². The van der Waals surface area contributed by atoms with Crippen molar-refractivity contribution in [3.63, 3.8) is 0 Å². The van der Waals surface area contributed by atoms with E-state index in [1.807, 2.05) is 6.92 Å². The molecule has 0 aliphatic carbocycles. The van der Waals surface area contributed by atoms with Crippen molar-refractivity contribution < 1.29 is 15.3 Å². The summed E-state index contributed by atoms with van der Waals surface area (Å²) in [6, 6.07) is 0. The lowest BCUT2D eigenvalue weighted by Crippen LogP contribution is -2.03. The normalized spacial score (nSPS) is 15.0. The fourth-order valence-electron chi connectivity index (χ4n) is 0. The Morgan fingerprint density at radius 3 is 1.30 bits per heavy atom. The van der Waals surface area contributed by atoms with E-state index in [1.165, 1.54) is 6.92 Å². The third-order valence-electron chi connectivity index (χ3n) is 0.855. The third kappa shape index (κ3) is 24.8. The minimum atomic E-state index is -0.560. The second-order valence-electron chi connectivity index (χ2n) is 2.29. The van der Waals surface area contributed by atoms with Crippen LogP contribution >= 0.6 is 0 Å².